The lowest BCUT2D eigenvalue weighted by molar-refractivity contribution is -0.113. The zero-order valence-corrected chi connectivity index (χ0v) is 19.1. The van der Waals surface area contributed by atoms with E-state index in [-0.39, 0.29) is 18.3 Å². The van der Waals surface area contributed by atoms with Crippen molar-refractivity contribution in [1.82, 2.24) is 19.5 Å². The van der Waals surface area contributed by atoms with E-state index in [2.05, 4.69) is 15.5 Å². The number of anilines is 1. The smallest absolute Gasteiger partial charge is 0.340 e. The Bertz CT molecular complexity index is 1270. The van der Waals surface area contributed by atoms with Gasteiger partial charge in [-0.05, 0) is 44.2 Å². The third-order valence-corrected chi connectivity index (χ3v) is 5.66. The van der Waals surface area contributed by atoms with Crippen molar-refractivity contribution in [2.45, 2.75) is 19.0 Å². The van der Waals surface area contributed by atoms with Crippen molar-refractivity contribution in [3.8, 4) is 11.4 Å². The average Bonchev–Trinajstić information content (AvgIpc) is 3.48. The molecule has 168 valence electrons. The van der Waals surface area contributed by atoms with Crippen molar-refractivity contribution in [3.63, 3.8) is 0 Å². The maximum absolute atomic E-state index is 12.7. The van der Waals surface area contributed by atoms with E-state index in [1.54, 1.807) is 31.2 Å². The molecular formula is C24H23N5O3S. The SMILES string of the molecule is CCOC(=O)c1ccccc1NC(=O)CSc1nnc(-c2cccc(C)c2)n1-n1cccc1. The van der Waals surface area contributed by atoms with E-state index >= 15 is 0 Å². The monoisotopic (exact) mass is 461 g/mol. The molecule has 33 heavy (non-hydrogen) atoms. The molecule has 0 atom stereocenters. The van der Waals surface area contributed by atoms with Crippen LogP contribution in [0.2, 0.25) is 0 Å². The molecule has 0 radical (unpaired) electrons. The molecule has 1 N–H and O–H groups in total. The van der Waals surface area contributed by atoms with E-state index in [4.69, 9.17) is 4.74 Å². The van der Waals surface area contributed by atoms with Crippen LogP contribution < -0.4 is 5.32 Å². The second-order valence-corrected chi connectivity index (χ2v) is 8.10. The van der Waals surface area contributed by atoms with Crippen molar-refractivity contribution in [2.24, 2.45) is 0 Å². The topological polar surface area (TPSA) is 91.0 Å². The van der Waals surface area contributed by atoms with E-state index in [0.717, 1.165) is 11.1 Å². The average molecular weight is 462 g/mol. The Labute approximate surface area is 195 Å². The first kappa shape index (κ1) is 22.3. The van der Waals surface area contributed by atoms with Crippen LogP contribution in [0.4, 0.5) is 5.69 Å². The largest absolute Gasteiger partial charge is 0.462 e. The summed E-state index contributed by atoms with van der Waals surface area (Å²) >= 11 is 1.26. The fourth-order valence-electron chi connectivity index (χ4n) is 3.28. The number of hydrogen-bond donors (Lipinski definition) is 1. The van der Waals surface area contributed by atoms with Crippen LogP contribution in [0.25, 0.3) is 11.4 Å². The minimum Gasteiger partial charge on any atom is -0.462 e. The molecule has 0 aliphatic carbocycles. The highest BCUT2D eigenvalue weighted by Crippen LogP contribution is 2.25. The van der Waals surface area contributed by atoms with Gasteiger partial charge < -0.3 is 10.1 Å². The third-order valence-electron chi connectivity index (χ3n) is 4.74. The highest BCUT2D eigenvalue weighted by Gasteiger charge is 2.18. The van der Waals surface area contributed by atoms with Crippen molar-refractivity contribution < 1.29 is 14.3 Å². The van der Waals surface area contributed by atoms with Crippen LogP contribution in [0.15, 0.2) is 78.2 Å². The zero-order valence-electron chi connectivity index (χ0n) is 18.3. The molecule has 4 aromatic rings. The molecule has 2 aromatic heterocycles. The number of carbonyl (C=O) groups excluding carboxylic acids is 2. The predicted octanol–water partition coefficient (Wildman–Crippen LogP) is 4.27. The van der Waals surface area contributed by atoms with Gasteiger partial charge in [-0.25, -0.2) is 9.47 Å². The van der Waals surface area contributed by atoms with E-state index in [0.29, 0.717) is 22.2 Å². The minimum atomic E-state index is -0.476. The molecule has 4 rings (SSSR count). The predicted molar refractivity (Wildman–Crippen MR) is 127 cm³/mol. The Kier molecular flexibility index (Phi) is 6.89. The first-order valence-corrected chi connectivity index (χ1v) is 11.4. The van der Waals surface area contributed by atoms with Gasteiger partial charge >= 0.3 is 5.97 Å². The number of esters is 1. The molecule has 0 spiro atoms. The number of ether oxygens (including phenoxy) is 1. The van der Waals surface area contributed by atoms with E-state index in [1.165, 1.54) is 11.8 Å². The maximum Gasteiger partial charge on any atom is 0.340 e. The fraction of sp³-hybridized carbons (Fsp3) is 0.167. The Balaban J connectivity index is 1.54. The lowest BCUT2D eigenvalue weighted by Crippen LogP contribution is -2.18. The lowest BCUT2D eigenvalue weighted by Gasteiger charge is -2.12. The Morgan fingerprint density at radius 3 is 2.58 bits per heavy atom. The van der Waals surface area contributed by atoms with E-state index in [1.807, 2.05) is 65.1 Å². The summed E-state index contributed by atoms with van der Waals surface area (Å²) in [6.07, 6.45) is 3.78. The van der Waals surface area contributed by atoms with Crippen molar-refractivity contribution in [3.05, 3.63) is 84.2 Å². The molecule has 0 saturated carbocycles. The number of benzene rings is 2. The number of aryl methyl sites for hydroxylation is 1. The van der Waals surface area contributed by atoms with E-state index < -0.39 is 5.97 Å². The Morgan fingerprint density at radius 2 is 1.82 bits per heavy atom. The van der Waals surface area contributed by atoms with Gasteiger partial charge in [0.2, 0.25) is 11.1 Å². The summed E-state index contributed by atoms with van der Waals surface area (Å²) < 4.78 is 8.80. The van der Waals surface area contributed by atoms with Crippen molar-refractivity contribution >= 4 is 29.3 Å². The normalized spacial score (nSPS) is 10.7. The van der Waals surface area contributed by atoms with Gasteiger partial charge in [-0.3, -0.25) is 9.47 Å². The summed E-state index contributed by atoms with van der Waals surface area (Å²) in [6.45, 7) is 4.02. The van der Waals surface area contributed by atoms with Gasteiger partial charge in [0.15, 0.2) is 5.82 Å². The second-order valence-electron chi connectivity index (χ2n) is 7.15. The molecule has 0 bridgehead atoms. The van der Waals surface area contributed by atoms with Gasteiger partial charge in [-0.15, -0.1) is 10.2 Å². The summed E-state index contributed by atoms with van der Waals surface area (Å²) in [5.74, 6) is 0.0160. The quantitative estimate of drug-likeness (QED) is 0.311. The number of nitrogens with zero attached hydrogens (tertiary/aromatic N) is 4. The van der Waals surface area contributed by atoms with Crippen LogP contribution in [0.5, 0.6) is 0 Å². The molecule has 8 nitrogen and oxygen atoms in total. The second kappa shape index (κ2) is 10.2. The minimum absolute atomic E-state index is 0.0877. The molecule has 0 aliphatic rings. The molecule has 0 saturated heterocycles. The highest BCUT2D eigenvalue weighted by atomic mass is 32.2. The zero-order chi connectivity index (χ0) is 23.2. The Morgan fingerprint density at radius 1 is 1.03 bits per heavy atom. The van der Waals surface area contributed by atoms with Crippen LogP contribution in [-0.2, 0) is 9.53 Å². The van der Waals surface area contributed by atoms with Crippen molar-refractivity contribution in [2.75, 3.05) is 17.7 Å². The van der Waals surface area contributed by atoms with Gasteiger partial charge in [0, 0.05) is 18.0 Å². The molecule has 2 heterocycles. The summed E-state index contributed by atoms with van der Waals surface area (Å²) in [7, 11) is 0. The van der Waals surface area contributed by atoms with Crippen molar-refractivity contribution in [1.29, 1.82) is 0 Å². The molecular weight excluding hydrogens is 438 g/mol. The Hall–Kier alpha value is -3.85. The summed E-state index contributed by atoms with van der Waals surface area (Å²) in [6, 6.07) is 18.6. The van der Waals surface area contributed by atoms with Crippen LogP contribution in [0, 0.1) is 6.92 Å². The number of hydrogen-bond acceptors (Lipinski definition) is 6. The molecule has 0 unspecified atom stereocenters. The number of para-hydroxylation sites is 1. The number of rotatable bonds is 8. The molecule has 2 aromatic carbocycles. The first-order chi connectivity index (χ1) is 16.1. The summed E-state index contributed by atoms with van der Waals surface area (Å²) in [5.41, 5.74) is 2.77. The standard InChI is InChI=1S/C24H23N5O3S/c1-3-32-23(31)19-11-4-5-12-20(19)25-21(30)16-33-24-27-26-22(18-10-8-9-17(2)15-18)29(24)28-13-6-7-14-28/h4-15H,3,16H2,1-2H3,(H,25,30). The fourth-order valence-corrected chi connectivity index (χ4v) is 4.02. The molecule has 9 heteroatoms. The summed E-state index contributed by atoms with van der Waals surface area (Å²) in [5, 5.41) is 12.1. The molecule has 0 fully saturated rings. The number of aromatic nitrogens is 4. The van der Waals surface area contributed by atoms with Gasteiger partial charge in [-0.1, -0.05) is 47.7 Å². The number of nitrogens with one attached hydrogen (secondary N) is 1. The van der Waals surface area contributed by atoms with E-state index in [9.17, 15) is 9.59 Å². The van der Waals surface area contributed by atoms with Gasteiger partial charge in [0.05, 0.1) is 23.6 Å². The van der Waals surface area contributed by atoms with Gasteiger partial charge in [-0.2, -0.15) is 0 Å². The van der Waals surface area contributed by atoms with Crippen LogP contribution in [0.3, 0.4) is 0 Å². The number of thioether (sulfide) groups is 1. The lowest BCUT2D eigenvalue weighted by atomic mass is 10.1. The highest BCUT2D eigenvalue weighted by molar-refractivity contribution is 7.99. The third kappa shape index (κ3) is 5.15. The summed E-state index contributed by atoms with van der Waals surface area (Å²) in [4.78, 5) is 24.9. The first-order valence-electron chi connectivity index (χ1n) is 10.4. The van der Waals surface area contributed by atoms with Crippen LogP contribution in [0.1, 0.15) is 22.8 Å². The molecule has 1 amide bonds. The number of amides is 1. The number of carbonyl (C=O) groups is 2. The van der Waals surface area contributed by atoms with Gasteiger partial charge in [0.1, 0.15) is 0 Å². The van der Waals surface area contributed by atoms with Crippen LogP contribution in [-0.4, -0.2) is 43.8 Å². The maximum atomic E-state index is 12.7. The van der Waals surface area contributed by atoms with Crippen LogP contribution >= 0.6 is 11.8 Å². The molecule has 0 aliphatic heterocycles. The van der Waals surface area contributed by atoms with Gasteiger partial charge in [0.25, 0.3) is 0 Å².